The van der Waals surface area contributed by atoms with Gasteiger partial charge in [0, 0.05) is 18.2 Å². The number of carbonyl (C=O) groups is 1. The molecule has 0 aromatic heterocycles. The maximum atomic E-state index is 15.5. The molecule has 2 aromatic carbocycles. The number of hydrogen-bond acceptors (Lipinski definition) is 3. The van der Waals surface area contributed by atoms with E-state index in [1.165, 1.54) is 17.0 Å². The molecule has 0 unspecified atom stereocenters. The van der Waals surface area contributed by atoms with Crippen LogP contribution in [0.5, 0.6) is 5.75 Å². The van der Waals surface area contributed by atoms with Crippen LogP contribution in [0.4, 0.5) is 26.7 Å². The molecule has 6 rings (SSSR count). The quantitative estimate of drug-likeness (QED) is 0.469. The summed E-state index contributed by atoms with van der Waals surface area (Å²) < 4.78 is 72.2. The molecule has 5 nitrogen and oxygen atoms in total. The number of rotatable bonds is 5. The van der Waals surface area contributed by atoms with Gasteiger partial charge in [0.25, 0.3) is 0 Å². The molecule has 1 aliphatic carbocycles. The standard InChI is InChI=1S/C27H29F5N2O3/c1-26(2)12-17-9-20(16-7-18(28)10-19(8-16)37-14-27(30,31)32)22(29)11-21(17)24(26)34(25(35)36)23-13-33-5-3-15(23)4-6-33/h7-11,15,23-24H,3-6,12-14H2,1-2H3,(H,35,36)/t23-,24+/m1/s1. The van der Waals surface area contributed by atoms with Gasteiger partial charge in [0.1, 0.15) is 17.4 Å². The van der Waals surface area contributed by atoms with Crippen molar-refractivity contribution in [3.05, 3.63) is 53.1 Å². The van der Waals surface area contributed by atoms with E-state index in [4.69, 9.17) is 0 Å². The van der Waals surface area contributed by atoms with Crippen LogP contribution in [0.25, 0.3) is 11.1 Å². The van der Waals surface area contributed by atoms with Crippen molar-refractivity contribution in [2.75, 3.05) is 26.2 Å². The van der Waals surface area contributed by atoms with E-state index in [0.717, 1.165) is 43.6 Å². The summed E-state index contributed by atoms with van der Waals surface area (Å²) in [7, 11) is 0. The number of benzene rings is 2. The first-order valence-electron chi connectivity index (χ1n) is 12.4. The highest BCUT2D eigenvalue weighted by atomic mass is 19.4. The zero-order valence-corrected chi connectivity index (χ0v) is 20.6. The highest BCUT2D eigenvalue weighted by Gasteiger charge is 2.50. The lowest BCUT2D eigenvalue weighted by molar-refractivity contribution is -0.153. The van der Waals surface area contributed by atoms with Crippen molar-refractivity contribution in [3.8, 4) is 16.9 Å². The van der Waals surface area contributed by atoms with Crippen molar-refractivity contribution in [2.45, 2.75) is 51.4 Å². The number of piperidine rings is 3. The van der Waals surface area contributed by atoms with E-state index in [9.17, 15) is 27.5 Å². The first kappa shape index (κ1) is 25.8. The second kappa shape index (κ2) is 9.15. The fourth-order valence-corrected chi connectivity index (χ4v) is 6.46. The van der Waals surface area contributed by atoms with E-state index in [0.29, 0.717) is 18.5 Å². The number of carboxylic acid groups (broad SMARTS) is 1. The Kier molecular flexibility index (Phi) is 6.37. The fraction of sp³-hybridized carbons (Fsp3) is 0.519. The van der Waals surface area contributed by atoms with Crippen LogP contribution in [-0.2, 0) is 6.42 Å². The molecule has 1 amide bonds. The molecule has 37 heavy (non-hydrogen) atoms. The fourth-order valence-electron chi connectivity index (χ4n) is 6.46. The number of amides is 1. The Labute approximate surface area is 211 Å². The summed E-state index contributed by atoms with van der Waals surface area (Å²) in [5.74, 6) is -1.66. The Morgan fingerprint density at radius 2 is 1.84 bits per heavy atom. The van der Waals surface area contributed by atoms with Gasteiger partial charge in [-0.05, 0) is 84.6 Å². The summed E-state index contributed by atoms with van der Waals surface area (Å²) >= 11 is 0. The minimum absolute atomic E-state index is 0.0243. The van der Waals surface area contributed by atoms with E-state index in [-0.39, 0.29) is 28.8 Å². The molecular formula is C27H29F5N2O3. The minimum Gasteiger partial charge on any atom is -0.484 e. The molecule has 2 bridgehead atoms. The number of fused-ring (bicyclic) bond motifs is 4. The molecule has 1 N–H and O–H groups in total. The van der Waals surface area contributed by atoms with Gasteiger partial charge >= 0.3 is 12.3 Å². The first-order chi connectivity index (χ1) is 17.3. The third kappa shape index (κ3) is 5.00. The van der Waals surface area contributed by atoms with Gasteiger partial charge in [-0.25, -0.2) is 13.6 Å². The third-order valence-electron chi connectivity index (χ3n) is 7.97. The summed E-state index contributed by atoms with van der Waals surface area (Å²) in [6, 6.07) is 5.15. The first-order valence-corrected chi connectivity index (χ1v) is 12.4. The normalized spacial score (nSPS) is 26.1. The molecule has 3 fully saturated rings. The molecule has 200 valence electrons. The maximum Gasteiger partial charge on any atom is 0.422 e. The number of hydrogen-bond donors (Lipinski definition) is 1. The Balaban J connectivity index is 1.51. The van der Waals surface area contributed by atoms with E-state index >= 15 is 4.39 Å². The van der Waals surface area contributed by atoms with Crippen molar-refractivity contribution in [3.63, 3.8) is 0 Å². The smallest absolute Gasteiger partial charge is 0.422 e. The average molecular weight is 525 g/mol. The summed E-state index contributed by atoms with van der Waals surface area (Å²) in [6.45, 7) is 4.89. The van der Waals surface area contributed by atoms with Gasteiger partial charge in [-0.1, -0.05) is 13.8 Å². The van der Waals surface area contributed by atoms with Gasteiger partial charge in [-0.3, -0.25) is 4.90 Å². The summed E-state index contributed by atoms with van der Waals surface area (Å²) in [5, 5.41) is 10.3. The highest BCUT2D eigenvalue weighted by Crippen LogP contribution is 2.52. The average Bonchev–Trinajstić information content (AvgIpc) is 3.06. The van der Waals surface area contributed by atoms with Crippen LogP contribution in [0.1, 0.15) is 43.9 Å². The molecule has 4 aliphatic rings. The summed E-state index contributed by atoms with van der Waals surface area (Å²) in [4.78, 5) is 16.4. The summed E-state index contributed by atoms with van der Waals surface area (Å²) in [6.07, 6.45) is -3.31. The second-order valence-electron chi connectivity index (χ2n) is 11.1. The Morgan fingerprint density at radius 1 is 1.14 bits per heavy atom. The molecule has 0 radical (unpaired) electrons. The van der Waals surface area contributed by atoms with Crippen molar-refractivity contribution >= 4 is 6.09 Å². The van der Waals surface area contributed by atoms with Crippen molar-refractivity contribution in [2.24, 2.45) is 11.3 Å². The molecule has 3 aliphatic heterocycles. The topological polar surface area (TPSA) is 53.0 Å². The summed E-state index contributed by atoms with van der Waals surface area (Å²) in [5.41, 5.74) is 0.860. The lowest BCUT2D eigenvalue weighted by Crippen LogP contribution is -2.60. The minimum atomic E-state index is -4.60. The molecule has 2 atom stereocenters. The van der Waals surface area contributed by atoms with Gasteiger partial charge < -0.3 is 14.7 Å². The zero-order chi connectivity index (χ0) is 26.7. The van der Waals surface area contributed by atoms with E-state index in [1.54, 1.807) is 6.07 Å². The lowest BCUT2D eigenvalue weighted by atomic mass is 9.79. The van der Waals surface area contributed by atoms with Crippen molar-refractivity contribution < 1.29 is 36.6 Å². The van der Waals surface area contributed by atoms with Crippen LogP contribution in [0.2, 0.25) is 0 Å². The predicted molar refractivity (Wildman–Crippen MR) is 126 cm³/mol. The maximum absolute atomic E-state index is 15.5. The number of ether oxygens (including phenoxy) is 1. The van der Waals surface area contributed by atoms with Gasteiger partial charge in [-0.15, -0.1) is 0 Å². The highest BCUT2D eigenvalue weighted by molar-refractivity contribution is 5.70. The number of nitrogens with zero attached hydrogens (tertiary/aromatic N) is 2. The van der Waals surface area contributed by atoms with Gasteiger partial charge in [0.05, 0.1) is 12.1 Å². The van der Waals surface area contributed by atoms with Gasteiger partial charge in [0.2, 0.25) is 0 Å². The number of halogens is 5. The van der Waals surface area contributed by atoms with E-state index in [2.05, 4.69) is 9.64 Å². The zero-order valence-electron chi connectivity index (χ0n) is 20.6. The van der Waals surface area contributed by atoms with E-state index in [1.807, 2.05) is 13.8 Å². The molecular weight excluding hydrogens is 495 g/mol. The van der Waals surface area contributed by atoms with Crippen LogP contribution < -0.4 is 4.74 Å². The molecule has 10 heteroatoms. The van der Waals surface area contributed by atoms with Crippen LogP contribution in [0.15, 0.2) is 30.3 Å². The largest absolute Gasteiger partial charge is 0.484 e. The molecule has 0 spiro atoms. The molecule has 3 heterocycles. The van der Waals surface area contributed by atoms with Crippen molar-refractivity contribution in [1.82, 2.24) is 9.80 Å². The third-order valence-corrected chi connectivity index (χ3v) is 7.97. The number of alkyl halides is 3. The SMILES string of the molecule is CC1(C)Cc2cc(-c3cc(F)cc(OCC(F)(F)F)c3)c(F)cc2[C@@H]1N(C(=O)O)[C@@H]1CN2CCC1CC2. The Bertz CT molecular complexity index is 1210. The van der Waals surface area contributed by atoms with Crippen molar-refractivity contribution in [1.29, 1.82) is 0 Å². The van der Waals surface area contributed by atoms with Gasteiger partial charge in [0.15, 0.2) is 6.61 Å². The van der Waals surface area contributed by atoms with Crippen LogP contribution in [0, 0.1) is 23.0 Å². The second-order valence-corrected chi connectivity index (χ2v) is 11.1. The molecule has 3 saturated heterocycles. The predicted octanol–water partition coefficient (Wildman–Crippen LogP) is 6.27. The van der Waals surface area contributed by atoms with Gasteiger partial charge in [-0.2, -0.15) is 13.2 Å². The monoisotopic (exact) mass is 524 g/mol. The van der Waals surface area contributed by atoms with Crippen LogP contribution >= 0.6 is 0 Å². The molecule has 0 saturated carbocycles. The van der Waals surface area contributed by atoms with E-state index < -0.39 is 42.0 Å². The Morgan fingerprint density at radius 3 is 2.43 bits per heavy atom. The van der Waals surface area contributed by atoms with Crippen LogP contribution in [-0.4, -0.2) is 59.5 Å². The lowest BCUT2D eigenvalue weighted by Gasteiger charge is -2.51. The van der Waals surface area contributed by atoms with Crippen LogP contribution in [0.3, 0.4) is 0 Å². The Hall–Kier alpha value is -2.88. The molecule has 2 aromatic rings.